The van der Waals surface area contributed by atoms with Crippen molar-refractivity contribution in [3.05, 3.63) is 41.6 Å². The molecule has 20 heavy (non-hydrogen) atoms. The molecule has 3 rings (SSSR count). The van der Waals surface area contributed by atoms with Gasteiger partial charge in [0.2, 0.25) is 0 Å². The van der Waals surface area contributed by atoms with E-state index in [1.807, 2.05) is 30.3 Å². The predicted octanol–water partition coefficient (Wildman–Crippen LogP) is 2.80. The molecule has 102 valence electrons. The number of carbonyl (C=O) groups is 2. The van der Waals surface area contributed by atoms with Crippen molar-refractivity contribution >= 4 is 28.7 Å². The van der Waals surface area contributed by atoms with Gasteiger partial charge in [0.1, 0.15) is 0 Å². The molecule has 0 saturated carbocycles. The summed E-state index contributed by atoms with van der Waals surface area (Å²) in [5.74, 6) is -0.390. The zero-order valence-corrected chi connectivity index (χ0v) is 11.3. The number of aldehydes is 1. The fraction of sp³-hybridized carbons (Fsp3) is 0.250. The molecule has 2 heterocycles. The summed E-state index contributed by atoms with van der Waals surface area (Å²) in [6.45, 7) is 0.792. The Hall–Kier alpha value is -2.36. The maximum Gasteiger partial charge on any atom is 0.339 e. The third-order valence-corrected chi connectivity index (χ3v) is 3.72. The molecule has 0 bridgehead atoms. The molecule has 4 nitrogen and oxygen atoms in total. The van der Waals surface area contributed by atoms with Crippen LogP contribution in [0.2, 0.25) is 0 Å². The third kappa shape index (κ3) is 1.76. The van der Waals surface area contributed by atoms with E-state index in [4.69, 9.17) is 4.74 Å². The van der Waals surface area contributed by atoms with Crippen molar-refractivity contribution in [2.45, 2.75) is 19.4 Å². The molecule has 0 radical (unpaired) electrons. The average Bonchev–Trinajstić information content (AvgIpc) is 2.65. The number of allylic oxidation sites excluding steroid dienone is 1. The largest absolute Gasteiger partial charge is 0.465 e. The summed E-state index contributed by atoms with van der Waals surface area (Å²) >= 11 is 0. The number of aryl methyl sites for hydroxylation is 1. The molecule has 0 aliphatic carbocycles. The molecule has 1 aromatic carbocycles. The molecule has 0 saturated heterocycles. The number of aromatic nitrogens is 1. The van der Waals surface area contributed by atoms with Crippen molar-refractivity contribution in [2.75, 3.05) is 7.11 Å². The molecular formula is C16H15NO3. The van der Waals surface area contributed by atoms with Gasteiger partial charge in [-0.05, 0) is 18.9 Å². The molecule has 0 amide bonds. The smallest absolute Gasteiger partial charge is 0.339 e. The molecule has 4 heteroatoms. The Morgan fingerprint density at radius 3 is 2.90 bits per heavy atom. The van der Waals surface area contributed by atoms with Crippen LogP contribution in [0.1, 0.15) is 28.9 Å². The number of nitrogens with zero attached hydrogens (tertiary/aromatic N) is 1. The lowest BCUT2D eigenvalue weighted by molar-refractivity contribution is -0.133. The monoisotopic (exact) mass is 269 g/mol. The van der Waals surface area contributed by atoms with Crippen molar-refractivity contribution in [3.8, 4) is 0 Å². The van der Waals surface area contributed by atoms with Gasteiger partial charge in [-0.1, -0.05) is 24.3 Å². The Labute approximate surface area is 116 Å². The Balaban J connectivity index is 2.37. The summed E-state index contributed by atoms with van der Waals surface area (Å²) < 4.78 is 6.91. The van der Waals surface area contributed by atoms with Gasteiger partial charge >= 0.3 is 5.97 Å². The molecule has 1 aliphatic heterocycles. The van der Waals surface area contributed by atoms with Crippen molar-refractivity contribution in [1.82, 2.24) is 4.57 Å². The maximum absolute atomic E-state index is 12.0. The minimum Gasteiger partial charge on any atom is -0.465 e. The number of methoxy groups -OCH3 is 1. The van der Waals surface area contributed by atoms with E-state index >= 15 is 0 Å². The number of para-hydroxylation sites is 1. The minimum absolute atomic E-state index is 0.390. The number of ether oxygens (including phenoxy) is 1. The van der Waals surface area contributed by atoms with Crippen LogP contribution in [0.4, 0.5) is 0 Å². The Morgan fingerprint density at radius 1 is 1.35 bits per heavy atom. The molecule has 0 atom stereocenters. The van der Waals surface area contributed by atoms with Gasteiger partial charge in [0.25, 0.3) is 0 Å². The second-order valence-electron chi connectivity index (χ2n) is 4.80. The van der Waals surface area contributed by atoms with Gasteiger partial charge in [0.05, 0.1) is 18.4 Å². The van der Waals surface area contributed by atoms with Gasteiger partial charge in [-0.15, -0.1) is 0 Å². The summed E-state index contributed by atoms with van der Waals surface area (Å²) in [6.07, 6.45) is 4.44. The first kappa shape index (κ1) is 12.7. The van der Waals surface area contributed by atoms with Gasteiger partial charge in [-0.2, -0.15) is 0 Å². The van der Waals surface area contributed by atoms with Crippen molar-refractivity contribution < 1.29 is 14.3 Å². The highest BCUT2D eigenvalue weighted by Gasteiger charge is 2.25. The highest BCUT2D eigenvalue weighted by Crippen LogP contribution is 2.33. The quantitative estimate of drug-likeness (QED) is 0.622. The Kier molecular flexibility index (Phi) is 3.14. The molecule has 0 spiro atoms. The zero-order chi connectivity index (χ0) is 14.1. The van der Waals surface area contributed by atoms with Crippen LogP contribution in [0.25, 0.3) is 16.5 Å². The number of fused-ring (bicyclic) bond motifs is 3. The Morgan fingerprint density at radius 2 is 2.15 bits per heavy atom. The molecule has 0 N–H and O–H groups in total. The SMILES string of the molecule is COC(=O)C1=CCCCn2c1c(C=O)c1ccccc12. The van der Waals surface area contributed by atoms with Crippen LogP contribution in [0.5, 0.6) is 0 Å². The van der Waals surface area contributed by atoms with E-state index in [9.17, 15) is 9.59 Å². The highest BCUT2D eigenvalue weighted by atomic mass is 16.5. The van der Waals surface area contributed by atoms with Gasteiger partial charge in [0, 0.05) is 23.0 Å². The fourth-order valence-corrected chi connectivity index (χ4v) is 2.85. The number of carbonyl (C=O) groups excluding carboxylic acids is 2. The van der Waals surface area contributed by atoms with E-state index in [-0.39, 0.29) is 5.97 Å². The minimum atomic E-state index is -0.390. The van der Waals surface area contributed by atoms with Crippen molar-refractivity contribution in [2.24, 2.45) is 0 Å². The van der Waals surface area contributed by atoms with Gasteiger partial charge in [-0.3, -0.25) is 4.79 Å². The molecular weight excluding hydrogens is 254 g/mol. The van der Waals surface area contributed by atoms with Crippen LogP contribution in [0.15, 0.2) is 30.3 Å². The van der Waals surface area contributed by atoms with E-state index in [2.05, 4.69) is 4.57 Å². The lowest BCUT2D eigenvalue weighted by Crippen LogP contribution is -2.09. The predicted molar refractivity (Wildman–Crippen MR) is 76.6 cm³/mol. The normalized spacial score (nSPS) is 14.3. The number of esters is 1. The van der Waals surface area contributed by atoms with Gasteiger partial charge < -0.3 is 9.30 Å². The summed E-state index contributed by atoms with van der Waals surface area (Å²) in [6, 6.07) is 7.73. The number of benzene rings is 1. The first-order valence-corrected chi connectivity index (χ1v) is 6.63. The molecule has 0 fully saturated rings. The lowest BCUT2D eigenvalue weighted by atomic mass is 10.1. The lowest BCUT2D eigenvalue weighted by Gasteiger charge is -2.09. The van der Waals surface area contributed by atoms with Crippen molar-refractivity contribution in [1.29, 1.82) is 0 Å². The number of hydrogen-bond acceptors (Lipinski definition) is 3. The maximum atomic E-state index is 12.0. The standard InChI is InChI=1S/C16H15NO3/c1-20-16(19)12-7-4-5-9-17-14-8-3-2-6-11(14)13(10-18)15(12)17/h2-3,6-8,10H,4-5,9H2,1H3. The number of rotatable bonds is 2. The van der Waals surface area contributed by atoms with E-state index in [0.717, 1.165) is 36.6 Å². The van der Waals surface area contributed by atoms with Gasteiger partial charge in [0.15, 0.2) is 6.29 Å². The molecule has 1 aliphatic rings. The summed E-state index contributed by atoms with van der Waals surface area (Å²) in [5, 5.41) is 0.884. The Bertz CT molecular complexity index is 725. The topological polar surface area (TPSA) is 48.3 Å². The second-order valence-corrected chi connectivity index (χ2v) is 4.80. The third-order valence-electron chi connectivity index (χ3n) is 3.72. The van der Waals surface area contributed by atoms with Crippen LogP contribution >= 0.6 is 0 Å². The fourth-order valence-electron chi connectivity index (χ4n) is 2.85. The number of hydrogen-bond donors (Lipinski definition) is 0. The van der Waals surface area contributed by atoms with Crippen LogP contribution in [0, 0.1) is 0 Å². The zero-order valence-electron chi connectivity index (χ0n) is 11.3. The molecule has 1 aromatic heterocycles. The van der Waals surface area contributed by atoms with E-state index in [1.54, 1.807) is 0 Å². The highest BCUT2D eigenvalue weighted by molar-refractivity contribution is 6.20. The van der Waals surface area contributed by atoms with E-state index < -0.39 is 0 Å². The summed E-state index contributed by atoms with van der Waals surface area (Å²) in [5.41, 5.74) is 2.73. The molecule has 2 aromatic rings. The van der Waals surface area contributed by atoms with Crippen LogP contribution in [-0.2, 0) is 16.1 Å². The summed E-state index contributed by atoms with van der Waals surface area (Å²) in [7, 11) is 1.36. The average molecular weight is 269 g/mol. The molecule has 0 unspecified atom stereocenters. The second kappa shape index (κ2) is 4.96. The van der Waals surface area contributed by atoms with Crippen LogP contribution in [0.3, 0.4) is 0 Å². The van der Waals surface area contributed by atoms with Crippen LogP contribution in [-0.4, -0.2) is 23.9 Å². The first-order chi connectivity index (χ1) is 9.77. The van der Waals surface area contributed by atoms with E-state index in [0.29, 0.717) is 16.8 Å². The first-order valence-electron chi connectivity index (χ1n) is 6.63. The van der Waals surface area contributed by atoms with Gasteiger partial charge in [-0.25, -0.2) is 4.79 Å². The van der Waals surface area contributed by atoms with Crippen LogP contribution < -0.4 is 0 Å². The summed E-state index contributed by atoms with van der Waals surface area (Å²) in [4.78, 5) is 23.5. The van der Waals surface area contributed by atoms with E-state index in [1.165, 1.54) is 7.11 Å². The van der Waals surface area contributed by atoms with Crippen molar-refractivity contribution in [3.63, 3.8) is 0 Å².